The maximum absolute atomic E-state index is 10.9. The molecule has 0 aliphatic carbocycles. The Morgan fingerprint density at radius 3 is 2.88 bits per heavy atom. The Labute approximate surface area is 98.2 Å². The first-order valence-electron chi connectivity index (χ1n) is 5.13. The second-order valence-corrected chi connectivity index (χ2v) is 3.70. The van der Waals surface area contributed by atoms with Gasteiger partial charge in [-0.25, -0.2) is 5.10 Å². The van der Waals surface area contributed by atoms with Gasteiger partial charge in [-0.05, 0) is 28.8 Å². The smallest absolute Gasteiger partial charge is 0.218 e. The van der Waals surface area contributed by atoms with Crippen LogP contribution in [0.5, 0.6) is 0 Å². The van der Waals surface area contributed by atoms with Crippen LogP contribution in [0, 0.1) is 6.92 Å². The van der Waals surface area contributed by atoms with Gasteiger partial charge in [-0.1, -0.05) is 24.3 Å². The minimum atomic E-state index is -0.379. The van der Waals surface area contributed by atoms with Gasteiger partial charge in [-0.3, -0.25) is 4.79 Å². The van der Waals surface area contributed by atoms with Crippen LogP contribution >= 0.6 is 0 Å². The molecule has 1 atom stereocenters. The van der Waals surface area contributed by atoms with E-state index in [1.807, 2.05) is 24.3 Å². The summed E-state index contributed by atoms with van der Waals surface area (Å²) in [5, 5.41) is 13.6. The number of benzene rings is 1. The summed E-state index contributed by atoms with van der Waals surface area (Å²) >= 11 is 0. The zero-order valence-electron chi connectivity index (χ0n) is 9.13. The standard InChI is InChI=1S/C11H12N5O/c1-7(6-10(12)17)8-4-2-3-5-9(8)11-13-15-16-14-11/h2-5,7H,1,6H2,(H2,12,17)(H,13,14,15,16). The Balaban J connectivity index is 2.37. The van der Waals surface area contributed by atoms with Crippen LogP contribution in [-0.4, -0.2) is 26.5 Å². The number of hydrogen-bond acceptors (Lipinski definition) is 4. The van der Waals surface area contributed by atoms with Crippen molar-refractivity contribution in [2.45, 2.75) is 12.3 Å². The first-order valence-corrected chi connectivity index (χ1v) is 5.13. The molecule has 1 aromatic heterocycles. The van der Waals surface area contributed by atoms with Crippen molar-refractivity contribution in [2.75, 3.05) is 0 Å². The first kappa shape index (κ1) is 11.3. The summed E-state index contributed by atoms with van der Waals surface area (Å²) in [6.45, 7) is 3.94. The highest BCUT2D eigenvalue weighted by Crippen LogP contribution is 2.27. The van der Waals surface area contributed by atoms with Crippen molar-refractivity contribution < 1.29 is 4.79 Å². The van der Waals surface area contributed by atoms with E-state index < -0.39 is 0 Å². The highest BCUT2D eigenvalue weighted by atomic mass is 16.1. The molecule has 3 N–H and O–H groups in total. The number of tetrazole rings is 1. The number of amides is 1. The van der Waals surface area contributed by atoms with E-state index in [1.54, 1.807) is 0 Å². The van der Waals surface area contributed by atoms with Crippen LogP contribution in [-0.2, 0) is 4.79 Å². The SMILES string of the molecule is [CH2]C(CC(N)=O)c1ccccc1-c1nnn[nH]1. The molecule has 0 saturated carbocycles. The highest BCUT2D eigenvalue weighted by Gasteiger charge is 2.15. The molecule has 1 unspecified atom stereocenters. The normalized spacial score (nSPS) is 12.3. The lowest BCUT2D eigenvalue weighted by Gasteiger charge is -2.12. The third-order valence-electron chi connectivity index (χ3n) is 2.45. The molecular formula is C11H12N5O. The lowest BCUT2D eigenvalue weighted by atomic mass is 9.92. The van der Waals surface area contributed by atoms with Gasteiger partial charge in [0.15, 0.2) is 5.82 Å². The van der Waals surface area contributed by atoms with E-state index in [0.29, 0.717) is 5.82 Å². The summed E-state index contributed by atoms with van der Waals surface area (Å²) in [4.78, 5) is 10.9. The van der Waals surface area contributed by atoms with Crippen LogP contribution in [0.3, 0.4) is 0 Å². The van der Waals surface area contributed by atoms with Crippen LogP contribution in [0.2, 0.25) is 0 Å². The van der Waals surface area contributed by atoms with E-state index in [2.05, 4.69) is 27.5 Å². The average molecular weight is 230 g/mol. The van der Waals surface area contributed by atoms with Crippen molar-refractivity contribution in [1.29, 1.82) is 0 Å². The van der Waals surface area contributed by atoms with Crippen LogP contribution in [0.4, 0.5) is 0 Å². The number of nitrogens with zero attached hydrogens (tertiary/aromatic N) is 3. The minimum absolute atomic E-state index is 0.193. The molecule has 6 heteroatoms. The lowest BCUT2D eigenvalue weighted by Crippen LogP contribution is -2.14. The zero-order chi connectivity index (χ0) is 12.3. The van der Waals surface area contributed by atoms with Gasteiger partial charge >= 0.3 is 0 Å². The van der Waals surface area contributed by atoms with Gasteiger partial charge in [0.1, 0.15) is 0 Å². The zero-order valence-corrected chi connectivity index (χ0v) is 9.13. The molecule has 1 radical (unpaired) electrons. The van der Waals surface area contributed by atoms with Crippen LogP contribution in [0.25, 0.3) is 11.4 Å². The average Bonchev–Trinajstić information content (AvgIpc) is 2.81. The minimum Gasteiger partial charge on any atom is -0.370 e. The number of aromatic amines is 1. The molecule has 87 valence electrons. The Hall–Kier alpha value is -2.24. The molecule has 0 aliphatic heterocycles. The predicted molar refractivity (Wildman–Crippen MR) is 61.5 cm³/mol. The number of nitrogens with two attached hydrogens (primary N) is 1. The molecule has 0 saturated heterocycles. The third kappa shape index (κ3) is 2.47. The molecular weight excluding hydrogens is 218 g/mol. The number of aromatic nitrogens is 4. The summed E-state index contributed by atoms with van der Waals surface area (Å²) in [5.74, 6) is -0.0389. The van der Waals surface area contributed by atoms with Gasteiger partial charge in [0.05, 0.1) is 0 Å². The van der Waals surface area contributed by atoms with E-state index in [-0.39, 0.29) is 18.2 Å². The van der Waals surface area contributed by atoms with E-state index >= 15 is 0 Å². The quantitative estimate of drug-likeness (QED) is 0.806. The Bertz CT molecular complexity index is 508. The largest absolute Gasteiger partial charge is 0.370 e. The molecule has 2 rings (SSSR count). The van der Waals surface area contributed by atoms with E-state index in [1.165, 1.54) is 0 Å². The van der Waals surface area contributed by atoms with Gasteiger partial charge in [0.25, 0.3) is 0 Å². The maximum atomic E-state index is 10.9. The molecule has 0 fully saturated rings. The maximum Gasteiger partial charge on any atom is 0.218 e. The van der Waals surface area contributed by atoms with Crippen molar-refractivity contribution in [3.63, 3.8) is 0 Å². The second kappa shape index (κ2) is 4.73. The Kier molecular flexibility index (Phi) is 3.13. The summed E-state index contributed by atoms with van der Waals surface area (Å²) in [7, 11) is 0. The topological polar surface area (TPSA) is 97.6 Å². The Morgan fingerprint density at radius 1 is 1.47 bits per heavy atom. The molecule has 0 bridgehead atoms. The molecule has 6 nitrogen and oxygen atoms in total. The van der Waals surface area contributed by atoms with Crippen LogP contribution in [0.1, 0.15) is 17.9 Å². The van der Waals surface area contributed by atoms with E-state index in [9.17, 15) is 4.79 Å². The van der Waals surface area contributed by atoms with Crippen LogP contribution in [0.15, 0.2) is 24.3 Å². The number of hydrogen-bond donors (Lipinski definition) is 2. The fourth-order valence-electron chi connectivity index (χ4n) is 1.69. The van der Waals surface area contributed by atoms with Crippen molar-refractivity contribution in [3.8, 4) is 11.4 Å². The highest BCUT2D eigenvalue weighted by molar-refractivity contribution is 5.75. The molecule has 17 heavy (non-hydrogen) atoms. The summed E-state index contributed by atoms with van der Waals surface area (Å²) in [5.41, 5.74) is 6.90. The molecule has 0 spiro atoms. The summed E-state index contributed by atoms with van der Waals surface area (Å²) < 4.78 is 0. The summed E-state index contributed by atoms with van der Waals surface area (Å²) in [6.07, 6.45) is 0.193. The molecule has 1 aromatic carbocycles. The van der Waals surface area contributed by atoms with E-state index in [4.69, 9.17) is 5.73 Å². The van der Waals surface area contributed by atoms with Gasteiger partial charge in [0, 0.05) is 12.0 Å². The number of H-pyrrole nitrogens is 1. The molecule has 0 aliphatic rings. The van der Waals surface area contributed by atoms with Crippen LogP contribution < -0.4 is 5.73 Å². The molecule has 2 aromatic rings. The van der Waals surface area contributed by atoms with Gasteiger partial charge in [-0.2, -0.15) is 0 Å². The van der Waals surface area contributed by atoms with Crippen molar-refractivity contribution >= 4 is 5.91 Å². The van der Waals surface area contributed by atoms with Gasteiger partial charge in [-0.15, -0.1) is 5.10 Å². The van der Waals surface area contributed by atoms with Gasteiger partial charge < -0.3 is 5.73 Å². The Morgan fingerprint density at radius 2 is 2.24 bits per heavy atom. The lowest BCUT2D eigenvalue weighted by molar-refractivity contribution is -0.118. The van der Waals surface area contributed by atoms with Crippen molar-refractivity contribution in [3.05, 3.63) is 36.8 Å². The van der Waals surface area contributed by atoms with Gasteiger partial charge in [0.2, 0.25) is 5.91 Å². The second-order valence-electron chi connectivity index (χ2n) is 3.70. The fourth-order valence-corrected chi connectivity index (χ4v) is 1.69. The number of rotatable bonds is 4. The molecule has 1 amide bonds. The number of carbonyl (C=O) groups excluding carboxylic acids is 1. The number of carbonyl (C=O) groups is 1. The number of primary amides is 1. The van der Waals surface area contributed by atoms with Crippen molar-refractivity contribution in [1.82, 2.24) is 20.6 Å². The van der Waals surface area contributed by atoms with E-state index in [0.717, 1.165) is 11.1 Å². The van der Waals surface area contributed by atoms with Crippen molar-refractivity contribution in [2.24, 2.45) is 5.73 Å². The number of nitrogens with one attached hydrogen (secondary N) is 1. The monoisotopic (exact) mass is 230 g/mol. The fraction of sp³-hybridized carbons (Fsp3) is 0.182. The summed E-state index contributed by atoms with van der Waals surface area (Å²) in [6, 6.07) is 7.51. The third-order valence-corrected chi connectivity index (χ3v) is 2.45. The molecule has 1 heterocycles. The first-order chi connectivity index (χ1) is 8.18. The predicted octanol–water partition coefficient (Wildman–Crippen LogP) is 0.660.